The Morgan fingerprint density at radius 2 is 1.57 bits per heavy atom. The molecule has 0 aliphatic carbocycles. The van der Waals surface area contributed by atoms with Gasteiger partial charge in [0.2, 0.25) is 11.2 Å². The average molecular weight is 370 g/mol. The number of hydrogen-bond donors (Lipinski definition) is 0. The molecular formula is C24H18O4. The molecule has 1 aromatic heterocycles. The van der Waals surface area contributed by atoms with E-state index >= 15 is 0 Å². The summed E-state index contributed by atoms with van der Waals surface area (Å²) in [5, 5.41) is 0.386. The molecule has 1 heterocycles. The van der Waals surface area contributed by atoms with Crippen LogP contribution in [0.5, 0.6) is 5.75 Å². The highest BCUT2D eigenvalue weighted by Gasteiger charge is 2.23. The van der Waals surface area contributed by atoms with Gasteiger partial charge in [0.05, 0.1) is 12.0 Å². The summed E-state index contributed by atoms with van der Waals surface area (Å²) in [6.07, 6.45) is 0. The molecule has 0 aliphatic heterocycles. The summed E-state index contributed by atoms with van der Waals surface area (Å²) in [7, 11) is 0. The van der Waals surface area contributed by atoms with Crippen LogP contribution in [-0.2, 0) is 0 Å². The minimum atomic E-state index is -0.374. The molecule has 4 heteroatoms. The molecular weight excluding hydrogens is 352 g/mol. The van der Waals surface area contributed by atoms with E-state index in [2.05, 4.69) is 0 Å². The fourth-order valence-electron chi connectivity index (χ4n) is 3.15. The fourth-order valence-corrected chi connectivity index (χ4v) is 3.15. The van der Waals surface area contributed by atoms with E-state index in [1.54, 1.807) is 48.5 Å². The Hall–Kier alpha value is -3.66. The van der Waals surface area contributed by atoms with Gasteiger partial charge in [-0.25, -0.2) is 0 Å². The maximum absolute atomic E-state index is 13.3. The van der Waals surface area contributed by atoms with E-state index in [-0.39, 0.29) is 22.5 Å². The van der Waals surface area contributed by atoms with Gasteiger partial charge in [-0.1, -0.05) is 42.5 Å². The molecule has 0 aliphatic rings. The van der Waals surface area contributed by atoms with E-state index in [4.69, 9.17) is 9.15 Å². The number of fused-ring (bicyclic) bond motifs is 1. The van der Waals surface area contributed by atoms with Crippen LogP contribution in [0.25, 0.3) is 22.3 Å². The van der Waals surface area contributed by atoms with Gasteiger partial charge in [0.15, 0.2) is 0 Å². The molecule has 28 heavy (non-hydrogen) atoms. The Balaban J connectivity index is 1.92. The number of hydrogen-bond acceptors (Lipinski definition) is 4. The van der Waals surface area contributed by atoms with Gasteiger partial charge in [0.25, 0.3) is 0 Å². The number of ether oxygens (including phenoxy) is 1. The van der Waals surface area contributed by atoms with Crippen LogP contribution in [0, 0.1) is 0 Å². The van der Waals surface area contributed by atoms with Gasteiger partial charge in [-0.3, -0.25) is 9.59 Å². The summed E-state index contributed by atoms with van der Waals surface area (Å²) in [5.41, 5.74) is 1.24. The highest BCUT2D eigenvalue weighted by atomic mass is 16.5. The Morgan fingerprint density at radius 1 is 0.893 bits per heavy atom. The Bertz CT molecular complexity index is 1190. The molecule has 4 aromatic rings. The van der Waals surface area contributed by atoms with Gasteiger partial charge >= 0.3 is 0 Å². The lowest BCUT2D eigenvalue weighted by molar-refractivity contribution is 0.103. The number of rotatable bonds is 5. The molecule has 0 saturated carbocycles. The minimum absolute atomic E-state index is 0.0362. The van der Waals surface area contributed by atoms with Crippen molar-refractivity contribution < 1.29 is 13.9 Å². The second-order valence-electron chi connectivity index (χ2n) is 6.28. The van der Waals surface area contributed by atoms with Crippen LogP contribution >= 0.6 is 0 Å². The van der Waals surface area contributed by atoms with Crippen LogP contribution in [0.3, 0.4) is 0 Å². The standard InChI is InChI=1S/C24H18O4/c1-2-27-18-14-12-16(13-15-18)22(25)21-23(26)19-10-6-7-11-20(19)28-24(21)17-8-4-3-5-9-17/h3-15H,2H2,1H3. The van der Waals surface area contributed by atoms with Crippen molar-refractivity contribution >= 4 is 16.8 Å². The van der Waals surface area contributed by atoms with E-state index < -0.39 is 0 Å². The second-order valence-corrected chi connectivity index (χ2v) is 6.28. The molecule has 0 bridgehead atoms. The molecule has 4 nitrogen and oxygen atoms in total. The quantitative estimate of drug-likeness (QED) is 0.459. The first-order chi connectivity index (χ1) is 13.7. The second kappa shape index (κ2) is 7.53. The molecule has 0 saturated heterocycles. The van der Waals surface area contributed by atoms with Gasteiger partial charge in [0, 0.05) is 11.1 Å². The van der Waals surface area contributed by atoms with Crippen molar-refractivity contribution in [1.82, 2.24) is 0 Å². The summed E-state index contributed by atoms with van der Waals surface area (Å²) in [6, 6.07) is 22.9. The van der Waals surface area contributed by atoms with Crippen molar-refractivity contribution in [2.24, 2.45) is 0 Å². The summed E-state index contributed by atoms with van der Waals surface area (Å²) in [5.74, 6) is 0.581. The van der Waals surface area contributed by atoms with E-state index in [0.717, 1.165) is 0 Å². The molecule has 138 valence electrons. The lowest BCUT2D eigenvalue weighted by Crippen LogP contribution is -2.18. The molecule has 0 atom stereocenters. The summed E-state index contributed by atoms with van der Waals surface area (Å²) >= 11 is 0. The van der Waals surface area contributed by atoms with E-state index in [1.807, 2.05) is 37.3 Å². The van der Waals surface area contributed by atoms with Crippen molar-refractivity contribution in [2.45, 2.75) is 6.92 Å². The zero-order chi connectivity index (χ0) is 19.5. The molecule has 0 amide bonds. The van der Waals surface area contributed by atoms with Gasteiger partial charge in [-0.2, -0.15) is 0 Å². The van der Waals surface area contributed by atoms with Crippen molar-refractivity contribution in [3.05, 3.63) is 100 Å². The predicted molar refractivity (Wildman–Crippen MR) is 109 cm³/mol. The van der Waals surface area contributed by atoms with Crippen molar-refractivity contribution in [1.29, 1.82) is 0 Å². The molecule has 0 unspecified atom stereocenters. The highest BCUT2D eigenvalue weighted by Crippen LogP contribution is 2.28. The third-order valence-electron chi connectivity index (χ3n) is 4.49. The third kappa shape index (κ3) is 3.21. The van der Waals surface area contributed by atoms with Crippen molar-refractivity contribution in [3.8, 4) is 17.1 Å². The summed E-state index contributed by atoms with van der Waals surface area (Å²) < 4.78 is 11.4. The predicted octanol–water partition coefficient (Wildman–Crippen LogP) is 5.09. The number of carbonyl (C=O) groups excluding carboxylic acids is 1. The first kappa shape index (κ1) is 17.7. The van der Waals surface area contributed by atoms with Gasteiger partial charge in [-0.05, 0) is 43.3 Å². The first-order valence-electron chi connectivity index (χ1n) is 9.08. The Labute approximate surface area is 162 Å². The molecule has 0 N–H and O–H groups in total. The number of carbonyl (C=O) groups is 1. The van der Waals surface area contributed by atoms with Crippen molar-refractivity contribution in [2.75, 3.05) is 6.61 Å². The monoisotopic (exact) mass is 370 g/mol. The van der Waals surface area contributed by atoms with E-state index in [1.165, 1.54) is 0 Å². The summed E-state index contributed by atoms with van der Waals surface area (Å²) in [6.45, 7) is 2.44. The lowest BCUT2D eigenvalue weighted by atomic mass is 9.97. The van der Waals surface area contributed by atoms with Crippen LogP contribution < -0.4 is 10.2 Å². The Morgan fingerprint density at radius 3 is 2.29 bits per heavy atom. The average Bonchev–Trinajstić information content (AvgIpc) is 2.75. The smallest absolute Gasteiger partial charge is 0.204 e. The Kier molecular flexibility index (Phi) is 4.77. The van der Waals surface area contributed by atoms with E-state index in [9.17, 15) is 9.59 Å². The molecule has 0 spiro atoms. The maximum atomic E-state index is 13.3. The van der Waals surface area contributed by atoms with Gasteiger partial charge in [-0.15, -0.1) is 0 Å². The minimum Gasteiger partial charge on any atom is -0.494 e. The van der Waals surface area contributed by atoms with E-state index in [0.29, 0.717) is 34.5 Å². The number of ketones is 1. The van der Waals surface area contributed by atoms with Gasteiger partial charge in [0.1, 0.15) is 22.7 Å². The maximum Gasteiger partial charge on any atom is 0.204 e. The first-order valence-corrected chi connectivity index (χ1v) is 9.08. The molecule has 4 rings (SSSR count). The zero-order valence-corrected chi connectivity index (χ0v) is 15.3. The highest BCUT2D eigenvalue weighted by molar-refractivity contribution is 6.13. The largest absolute Gasteiger partial charge is 0.494 e. The van der Waals surface area contributed by atoms with Crippen molar-refractivity contribution in [3.63, 3.8) is 0 Å². The van der Waals surface area contributed by atoms with Crippen LogP contribution in [0.1, 0.15) is 22.8 Å². The van der Waals surface area contributed by atoms with Crippen LogP contribution in [0.2, 0.25) is 0 Å². The van der Waals surface area contributed by atoms with Crippen LogP contribution in [-0.4, -0.2) is 12.4 Å². The molecule has 0 radical (unpaired) electrons. The zero-order valence-electron chi connectivity index (χ0n) is 15.3. The van der Waals surface area contributed by atoms with Crippen LogP contribution in [0.15, 0.2) is 88.1 Å². The topological polar surface area (TPSA) is 56.5 Å². The fraction of sp³-hybridized carbons (Fsp3) is 0.0833. The molecule has 0 fully saturated rings. The van der Waals surface area contributed by atoms with Gasteiger partial charge < -0.3 is 9.15 Å². The third-order valence-corrected chi connectivity index (χ3v) is 4.49. The number of para-hydroxylation sites is 1. The normalized spacial score (nSPS) is 10.8. The summed E-state index contributed by atoms with van der Waals surface area (Å²) in [4.78, 5) is 26.5. The molecule has 3 aromatic carbocycles. The van der Waals surface area contributed by atoms with Crippen LogP contribution in [0.4, 0.5) is 0 Å². The number of benzene rings is 3. The lowest BCUT2D eigenvalue weighted by Gasteiger charge is -2.10. The SMILES string of the molecule is CCOc1ccc(C(=O)c2c(-c3ccccc3)oc3ccccc3c2=O)cc1.